The maximum atomic E-state index is 13.3. The number of amides is 1. The first kappa shape index (κ1) is 35.4. The van der Waals surface area contributed by atoms with E-state index in [0.29, 0.717) is 31.9 Å². The molecule has 1 saturated carbocycles. The second-order valence-electron chi connectivity index (χ2n) is 14.6. The number of hydrogen-bond donors (Lipinski definition) is 2. The van der Waals surface area contributed by atoms with Gasteiger partial charge in [0.15, 0.2) is 0 Å². The van der Waals surface area contributed by atoms with Crippen LogP contribution in [0.5, 0.6) is 5.75 Å². The SMILES string of the molecule is CC/C=C/[C@@](O)(Cc1cc(C)ccn1)[C@@H]1CC[C@H]1CN1C[C@@]2(CCCc3cc(Cl)ccc32)COc2ccc(C(=O)NS(=O)(=O)C(C)C)cc21. The predicted octanol–water partition coefficient (Wildman–Crippen LogP) is 6.95. The van der Waals surface area contributed by atoms with Gasteiger partial charge in [-0.1, -0.05) is 36.7 Å². The molecule has 262 valence electrons. The van der Waals surface area contributed by atoms with Crippen molar-refractivity contribution in [2.45, 2.75) is 88.9 Å². The van der Waals surface area contributed by atoms with Crippen molar-refractivity contribution in [1.29, 1.82) is 0 Å². The van der Waals surface area contributed by atoms with E-state index in [9.17, 15) is 18.3 Å². The van der Waals surface area contributed by atoms with Crippen LogP contribution in [0.3, 0.4) is 0 Å². The standard InChI is InChI=1S/C39H48ClN3O5S/c1-5-6-17-39(45,22-32-19-27(4)15-18-41-32)34-12-9-30(34)23-43-24-38(16-7-8-28-20-31(40)11-13-33(28)38)25-48-36-14-10-29(21-35(36)43)37(44)42-49(46,47)26(2)3/h6,10-11,13-15,17-21,26,30,34,45H,5,7-9,12,16,22-25H2,1-4H3,(H,42,44)/b17-6+/t30-,34+,38-,39+/m0/s1. The van der Waals surface area contributed by atoms with Gasteiger partial charge in [-0.3, -0.25) is 9.78 Å². The van der Waals surface area contributed by atoms with Crippen LogP contribution in [0.2, 0.25) is 5.02 Å². The van der Waals surface area contributed by atoms with Crippen LogP contribution in [0, 0.1) is 18.8 Å². The molecular formula is C39H48ClN3O5S. The number of pyridine rings is 1. The van der Waals surface area contributed by atoms with E-state index in [4.69, 9.17) is 16.3 Å². The number of sulfonamides is 1. The normalized spacial score (nSPS) is 23.3. The summed E-state index contributed by atoms with van der Waals surface area (Å²) in [5.41, 5.74) is 4.07. The van der Waals surface area contributed by atoms with Gasteiger partial charge in [-0.25, -0.2) is 13.1 Å². The van der Waals surface area contributed by atoms with Crippen molar-refractivity contribution in [3.63, 3.8) is 0 Å². The molecule has 6 rings (SSSR count). The highest BCUT2D eigenvalue weighted by atomic mass is 35.5. The van der Waals surface area contributed by atoms with Crippen LogP contribution in [-0.4, -0.2) is 55.0 Å². The van der Waals surface area contributed by atoms with Crippen molar-refractivity contribution in [1.82, 2.24) is 9.71 Å². The molecule has 2 N–H and O–H groups in total. The van der Waals surface area contributed by atoms with Gasteiger partial charge in [0.25, 0.3) is 5.91 Å². The van der Waals surface area contributed by atoms with Crippen molar-refractivity contribution in [2.24, 2.45) is 11.8 Å². The van der Waals surface area contributed by atoms with Crippen LogP contribution >= 0.6 is 11.6 Å². The van der Waals surface area contributed by atoms with Gasteiger partial charge in [0.2, 0.25) is 10.0 Å². The molecule has 1 fully saturated rings. The first-order valence-electron chi connectivity index (χ1n) is 17.5. The molecular weight excluding hydrogens is 658 g/mol. The minimum atomic E-state index is -3.82. The molecule has 2 aliphatic carbocycles. The maximum Gasteiger partial charge on any atom is 0.264 e. The van der Waals surface area contributed by atoms with Gasteiger partial charge >= 0.3 is 0 Å². The van der Waals surface area contributed by atoms with E-state index in [1.807, 2.05) is 31.2 Å². The van der Waals surface area contributed by atoms with Gasteiger partial charge in [0.05, 0.1) is 23.1 Å². The van der Waals surface area contributed by atoms with E-state index in [-0.39, 0.29) is 22.8 Å². The fraction of sp³-hybridized carbons (Fsp3) is 0.487. The van der Waals surface area contributed by atoms with Gasteiger partial charge in [-0.05, 0) is 130 Å². The van der Waals surface area contributed by atoms with Gasteiger partial charge in [0, 0.05) is 47.4 Å². The molecule has 8 nitrogen and oxygen atoms in total. The van der Waals surface area contributed by atoms with E-state index in [1.54, 1.807) is 24.4 Å². The summed E-state index contributed by atoms with van der Waals surface area (Å²) in [4.78, 5) is 20.2. The highest BCUT2D eigenvalue weighted by Gasteiger charge is 2.48. The lowest BCUT2D eigenvalue weighted by Gasteiger charge is -2.49. The molecule has 2 aromatic carbocycles. The van der Waals surface area contributed by atoms with E-state index in [2.05, 4.69) is 39.7 Å². The molecule has 3 aliphatic rings. The smallest absolute Gasteiger partial charge is 0.264 e. The Kier molecular flexibility index (Phi) is 10.2. The van der Waals surface area contributed by atoms with E-state index in [0.717, 1.165) is 60.5 Å². The lowest BCUT2D eigenvalue weighted by molar-refractivity contribution is -0.0452. The summed E-state index contributed by atoms with van der Waals surface area (Å²) in [6.45, 7) is 8.95. The van der Waals surface area contributed by atoms with Crippen molar-refractivity contribution in [3.8, 4) is 5.75 Å². The summed E-state index contributed by atoms with van der Waals surface area (Å²) in [6, 6.07) is 15.3. The minimum Gasteiger partial charge on any atom is -0.490 e. The monoisotopic (exact) mass is 705 g/mol. The van der Waals surface area contributed by atoms with Crippen molar-refractivity contribution < 1.29 is 23.1 Å². The Morgan fingerprint density at radius 2 is 2.02 bits per heavy atom. The van der Waals surface area contributed by atoms with Crippen LogP contribution in [0.4, 0.5) is 5.69 Å². The average molecular weight is 706 g/mol. The number of halogens is 1. The van der Waals surface area contributed by atoms with Crippen LogP contribution in [0.25, 0.3) is 0 Å². The summed E-state index contributed by atoms with van der Waals surface area (Å²) in [7, 11) is -3.82. The zero-order valence-electron chi connectivity index (χ0n) is 28.9. The van der Waals surface area contributed by atoms with E-state index < -0.39 is 26.8 Å². The quantitative estimate of drug-likeness (QED) is 0.220. The van der Waals surface area contributed by atoms with Crippen LogP contribution in [-0.2, 0) is 28.3 Å². The van der Waals surface area contributed by atoms with Gasteiger partial charge < -0.3 is 14.7 Å². The number of carbonyl (C=O) groups excluding carboxylic acids is 1. The highest BCUT2D eigenvalue weighted by molar-refractivity contribution is 7.90. The van der Waals surface area contributed by atoms with Crippen molar-refractivity contribution in [3.05, 3.63) is 99.9 Å². The molecule has 1 spiro atoms. The van der Waals surface area contributed by atoms with Crippen LogP contribution < -0.4 is 14.4 Å². The largest absolute Gasteiger partial charge is 0.490 e. The Bertz CT molecular complexity index is 1850. The summed E-state index contributed by atoms with van der Waals surface area (Å²) in [5.74, 6) is 0.147. The first-order chi connectivity index (χ1) is 23.3. The molecule has 0 unspecified atom stereocenters. The number of allylic oxidation sites excluding steroid dienone is 1. The molecule has 1 aliphatic heterocycles. The number of aromatic nitrogens is 1. The Morgan fingerprint density at radius 3 is 2.73 bits per heavy atom. The zero-order valence-corrected chi connectivity index (χ0v) is 30.5. The fourth-order valence-electron chi connectivity index (χ4n) is 7.91. The van der Waals surface area contributed by atoms with E-state index >= 15 is 0 Å². The number of ether oxygens (including phenoxy) is 1. The molecule has 1 aromatic heterocycles. The molecule has 2 heterocycles. The number of aryl methyl sites for hydroxylation is 2. The number of fused-ring (bicyclic) bond motifs is 3. The van der Waals surface area contributed by atoms with Gasteiger partial charge in [-0.2, -0.15) is 0 Å². The maximum absolute atomic E-state index is 13.3. The predicted molar refractivity (Wildman–Crippen MR) is 195 cm³/mol. The number of benzene rings is 2. The summed E-state index contributed by atoms with van der Waals surface area (Å²) < 4.78 is 34.0. The second-order valence-corrected chi connectivity index (χ2v) is 17.2. The molecule has 1 amide bonds. The molecule has 3 aromatic rings. The summed E-state index contributed by atoms with van der Waals surface area (Å²) in [5, 5.41) is 12.3. The number of nitrogens with zero attached hydrogens (tertiary/aromatic N) is 2. The molecule has 10 heteroatoms. The number of hydrogen-bond acceptors (Lipinski definition) is 7. The highest BCUT2D eigenvalue weighted by Crippen LogP contribution is 2.48. The van der Waals surface area contributed by atoms with E-state index in [1.165, 1.54) is 25.0 Å². The second kappa shape index (κ2) is 14.1. The van der Waals surface area contributed by atoms with Crippen LogP contribution in [0.1, 0.15) is 85.6 Å². The number of nitrogens with one attached hydrogen (secondary N) is 1. The molecule has 4 atom stereocenters. The third-order valence-electron chi connectivity index (χ3n) is 10.7. The van der Waals surface area contributed by atoms with Gasteiger partial charge in [0.1, 0.15) is 5.75 Å². The Balaban J connectivity index is 1.37. The number of carbonyl (C=O) groups is 1. The van der Waals surface area contributed by atoms with Crippen LogP contribution in [0.15, 0.2) is 66.9 Å². The molecule has 49 heavy (non-hydrogen) atoms. The Hall–Kier alpha value is -3.40. The Labute approximate surface area is 296 Å². The van der Waals surface area contributed by atoms with Gasteiger partial charge in [-0.15, -0.1) is 0 Å². The first-order valence-corrected chi connectivity index (χ1v) is 19.4. The minimum absolute atomic E-state index is 0.00120. The molecule has 0 bridgehead atoms. The summed E-state index contributed by atoms with van der Waals surface area (Å²) >= 11 is 6.45. The lowest BCUT2D eigenvalue weighted by atomic mass is 9.62. The number of aliphatic hydroxyl groups is 1. The zero-order chi connectivity index (χ0) is 35.0. The molecule has 0 radical (unpaired) electrons. The van der Waals surface area contributed by atoms with Crippen molar-refractivity contribution in [2.75, 3.05) is 24.6 Å². The average Bonchev–Trinajstić information content (AvgIpc) is 3.18. The summed E-state index contributed by atoms with van der Waals surface area (Å²) in [6.07, 6.45) is 11.8. The number of rotatable bonds is 10. The Morgan fingerprint density at radius 1 is 1.20 bits per heavy atom. The third kappa shape index (κ3) is 7.40. The van der Waals surface area contributed by atoms with Crippen molar-refractivity contribution >= 4 is 33.2 Å². The lowest BCUT2D eigenvalue weighted by Crippen LogP contribution is -2.53. The molecule has 0 saturated heterocycles. The topological polar surface area (TPSA) is 109 Å². The fourth-order valence-corrected chi connectivity index (χ4v) is 8.72. The number of anilines is 1. The third-order valence-corrected chi connectivity index (χ3v) is 12.7.